The molecule has 0 aliphatic heterocycles. The second-order valence-electron chi connectivity index (χ2n) is 3.40. The Kier molecular flexibility index (Phi) is 5.67. The first-order valence-electron chi connectivity index (χ1n) is 4.29. The van der Waals surface area contributed by atoms with Crippen LogP contribution in [0.4, 0.5) is 0 Å². The molecule has 1 atom stereocenters. The van der Waals surface area contributed by atoms with Gasteiger partial charge in [0.25, 0.3) is 0 Å². The van der Waals surface area contributed by atoms with E-state index < -0.39 is 6.10 Å². The zero-order valence-corrected chi connectivity index (χ0v) is 8.79. The maximum absolute atomic E-state index is 9.63. The lowest BCUT2D eigenvalue weighted by Crippen LogP contribution is -2.03. The minimum absolute atomic E-state index is 0. The Morgan fingerprint density at radius 2 is 2.08 bits per heavy atom. The summed E-state index contributed by atoms with van der Waals surface area (Å²) in [5, 5.41) is 9.63. The molecular formula is C10H16ClNO. The summed E-state index contributed by atoms with van der Waals surface area (Å²) in [5.41, 5.74) is 0.770. The molecule has 1 unspecified atom stereocenters. The summed E-state index contributed by atoms with van der Waals surface area (Å²) in [6.45, 7) is 4.18. The molecule has 0 spiro atoms. The number of rotatable bonds is 3. The van der Waals surface area contributed by atoms with Gasteiger partial charge in [0.15, 0.2) is 0 Å². The fourth-order valence-electron chi connectivity index (χ4n) is 1.14. The molecule has 0 bridgehead atoms. The second-order valence-corrected chi connectivity index (χ2v) is 3.40. The van der Waals surface area contributed by atoms with Gasteiger partial charge in [-0.25, -0.2) is 0 Å². The molecule has 0 fully saturated rings. The highest BCUT2D eigenvalue weighted by Crippen LogP contribution is 2.17. The Hall–Kier alpha value is -0.600. The van der Waals surface area contributed by atoms with Crippen molar-refractivity contribution in [3.8, 4) is 0 Å². The normalized spacial score (nSPS) is 12.3. The Balaban J connectivity index is 0.00000144. The lowest BCUT2D eigenvalue weighted by atomic mass is 10.0. The zero-order chi connectivity index (χ0) is 8.97. The van der Waals surface area contributed by atoms with E-state index in [-0.39, 0.29) is 12.4 Å². The third kappa shape index (κ3) is 4.25. The first-order chi connectivity index (χ1) is 5.70. The van der Waals surface area contributed by atoms with Gasteiger partial charge in [-0.05, 0) is 24.5 Å². The van der Waals surface area contributed by atoms with Crippen molar-refractivity contribution in [1.29, 1.82) is 0 Å². The highest BCUT2D eigenvalue weighted by atomic mass is 35.5. The number of halogens is 1. The third-order valence-corrected chi connectivity index (χ3v) is 1.72. The number of aliphatic hydroxyl groups excluding tert-OH is 1. The van der Waals surface area contributed by atoms with Gasteiger partial charge in [0.05, 0.1) is 11.8 Å². The largest absolute Gasteiger partial charge is 0.387 e. The average molecular weight is 202 g/mol. The Morgan fingerprint density at radius 3 is 2.54 bits per heavy atom. The molecular weight excluding hydrogens is 186 g/mol. The van der Waals surface area contributed by atoms with E-state index >= 15 is 0 Å². The standard InChI is InChI=1S/C10H15NO.ClH/c1-8(2)7-10(12)9-5-3-4-6-11-9;/h3-6,8,10,12H,7H2,1-2H3;1H. The first kappa shape index (κ1) is 12.4. The van der Waals surface area contributed by atoms with Crippen LogP contribution in [0.1, 0.15) is 32.1 Å². The number of hydrogen-bond acceptors (Lipinski definition) is 2. The van der Waals surface area contributed by atoms with E-state index in [1.165, 1.54) is 0 Å². The minimum Gasteiger partial charge on any atom is -0.387 e. The van der Waals surface area contributed by atoms with Crippen molar-refractivity contribution in [2.45, 2.75) is 26.4 Å². The van der Waals surface area contributed by atoms with Crippen LogP contribution in [-0.2, 0) is 0 Å². The smallest absolute Gasteiger partial charge is 0.0962 e. The zero-order valence-electron chi connectivity index (χ0n) is 7.97. The van der Waals surface area contributed by atoms with Crippen molar-refractivity contribution >= 4 is 12.4 Å². The minimum atomic E-state index is -0.411. The highest BCUT2D eigenvalue weighted by molar-refractivity contribution is 5.85. The molecule has 0 saturated heterocycles. The maximum atomic E-state index is 9.63. The molecule has 1 rings (SSSR count). The molecule has 0 aliphatic rings. The fourth-order valence-corrected chi connectivity index (χ4v) is 1.14. The number of nitrogens with zero attached hydrogens (tertiary/aromatic N) is 1. The number of aromatic nitrogens is 1. The molecule has 1 aromatic heterocycles. The lowest BCUT2D eigenvalue weighted by Gasteiger charge is -2.11. The molecule has 0 saturated carbocycles. The lowest BCUT2D eigenvalue weighted by molar-refractivity contribution is 0.146. The predicted octanol–water partition coefficient (Wildman–Crippen LogP) is 2.58. The molecule has 2 nitrogen and oxygen atoms in total. The fraction of sp³-hybridized carbons (Fsp3) is 0.500. The van der Waals surface area contributed by atoms with Crippen LogP contribution in [-0.4, -0.2) is 10.1 Å². The van der Waals surface area contributed by atoms with E-state index in [0.717, 1.165) is 12.1 Å². The van der Waals surface area contributed by atoms with Crippen LogP contribution >= 0.6 is 12.4 Å². The van der Waals surface area contributed by atoms with Gasteiger partial charge in [-0.15, -0.1) is 12.4 Å². The van der Waals surface area contributed by atoms with Crippen LogP contribution in [0.2, 0.25) is 0 Å². The van der Waals surface area contributed by atoms with E-state index in [9.17, 15) is 5.11 Å². The summed E-state index contributed by atoms with van der Waals surface area (Å²) in [6, 6.07) is 5.60. The Morgan fingerprint density at radius 1 is 1.38 bits per heavy atom. The van der Waals surface area contributed by atoms with Gasteiger partial charge in [0.1, 0.15) is 0 Å². The molecule has 0 amide bonds. The van der Waals surface area contributed by atoms with E-state index in [0.29, 0.717) is 5.92 Å². The van der Waals surface area contributed by atoms with Crippen molar-refractivity contribution in [2.24, 2.45) is 5.92 Å². The van der Waals surface area contributed by atoms with E-state index in [2.05, 4.69) is 18.8 Å². The Bertz CT molecular complexity index is 226. The van der Waals surface area contributed by atoms with Crippen molar-refractivity contribution in [3.05, 3.63) is 30.1 Å². The predicted molar refractivity (Wildman–Crippen MR) is 55.9 cm³/mol. The van der Waals surface area contributed by atoms with Gasteiger partial charge in [-0.3, -0.25) is 4.98 Å². The van der Waals surface area contributed by atoms with E-state index in [4.69, 9.17) is 0 Å². The molecule has 13 heavy (non-hydrogen) atoms. The summed E-state index contributed by atoms with van der Waals surface area (Å²) in [5.74, 6) is 0.502. The SMILES string of the molecule is CC(C)CC(O)c1ccccn1.Cl. The molecule has 3 heteroatoms. The quantitative estimate of drug-likeness (QED) is 0.816. The van der Waals surface area contributed by atoms with Crippen LogP contribution in [0.15, 0.2) is 24.4 Å². The van der Waals surface area contributed by atoms with Gasteiger partial charge in [0, 0.05) is 6.20 Å². The molecule has 0 aliphatic carbocycles. The van der Waals surface area contributed by atoms with E-state index in [1.807, 2.05) is 18.2 Å². The van der Waals surface area contributed by atoms with Gasteiger partial charge in [0.2, 0.25) is 0 Å². The summed E-state index contributed by atoms with van der Waals surface area (Å²) in [6.07, 6.45) is 2.07. The topological polar surface area (TPSA) is 33.1 Å². The molecule has 1 N–H and O–H groups in total. The monoisotopic (exact) mass is 201 g/mol. The van der Waals surface area contributed by atoms with Crippen molar-refractivity contribution in [2.75, 3.05) is 0 Å². The summed E-state index contributed by atoms with van der Waals surface area (Å²) >= 11 is 0. The molecule has 1 heterocycles. The van der Waals surface area contributed by atoms with Gasteiger partial charge < -0.3 is 5.11 Å². The van der Waals surface area contributed by atoms with Crippen LogP contribution in [0, 0.1) is 5.92 Å². The van der Waals surface area contributed by atoms with Crippen LogP contribution in [0.3, 0.4) is 0 Å². The number of pyridine rings is 1. The molecule has 74 valence electrons. The van der Waals surface area contributed by atoms with Crippen LogP contribution in [0.25, 0.3) is 0 Å². The summed E-state index contributed by atoms with van der Waals surface area (Å²) in [7, 11) is 0. The van der Waals surface area contributed by atoms with E-state index in [1.54, 1.807) is 6.20 Å². The second kappa shape index (κ2) is 5.95. The van der Waals surface area contributed by atoms with Gasteiger partial charge in [-0.2, -0.15) is 0 Å². The maximum Gasteiger partial charge on any atom is 0.0962 e. The molecule has 0 radical (unpaired) electrons. The summed E-state index contributed by atoms with van der Waals surface area (Å²) in [4.78, 5) is 4.08. The number of hydrogen-bond donors (Lipinski definition) is 1. The highest BCUT2D eigenvalue weighted by Gasteiger charge is 2.09. The Labute approximate surface area is 85.4 Å². The average Bonchev–Trinajstić information content (AvgIpc) is 2.05. The van der Waals surface area contributed by atoms with Crippen molar-refractivity contribution in [3.63, 3.8) is 0 Å². The van der Waals surface area contributed by atoms with Gasteiger partial charge in [-0.1, -0.05) is 19.9 Å². The summed E-state index contributed by atoms with van der Waals surface area (Å²) < 4.78 is 0. The number of aliphatic hydroxyl groups is 1. The van der Waals surface area contributed by atoms with Crippen molar-refractivity contribution < 1.29 is 5.11 Å². The van der Waals surface area contributed by atoms with Crippen LogP contribution in [0.5, 0.6) is 0 Å². The first-order valence-corrected chi connectivity index (χ1v) is 4.29. The molecule has 1 aromatic rings. The van der Waals surface area contributed by atoms with Crippen molar-refractivity contribution in [1.82, 2.24) is 4.98 Å². The van der Waals surface area contributed by atoms with Crippen LogP contribution < -0.4 is 0 Å². The molecule has 0 aromatic carbocycles. The third-order valence-electron chi connectivity index (χ3n) is 1.72. The van der Waals surface area contributed by atoms with Gasteiger partial charge >= 0.3 is 0 Å².